The van der Waals surface area contributed by atoms with Crippen LogP contribution in [0.15, 0.2) is 41.8 Å². The molecule has 0 radical (unpaired) electrons. The lowest BCUT2D eigenvalue weighted by Crippen LogP contribution is -2.34. The fourth-order valence-electron chi connectivity index (χ4n) is 2.71. The van der Waals surface area contributed by atoms with Crippen LogP contribution in [0.4, 0.5) is 0 Å². The van der Waals surface area contributed by atoms with Gasteiger partial charge >= 0.3 is 0 Å². The summed E-state index contributed by atoms with van der Waals surface area (Å²) in [6.45, 7) is 0.817. The Balaban J connectivity index is 1.60. The van der Waals surface area contributed by atoms with Crippen molar-refractivity contribution in [2.24, 2.45) is 0 Å². The molecule has 1 saturated heterocycles. The summed E-state index contributed by atoms with van der Waals surface area (Å²) in [6.07, 6.45) is 2.83. The minimum absolute atomic E-state index is 0.00960. The molecule has 2 heterocycles. The van der Waals surface area contributed by atoms with Gasteiger partial charge in [0.25, 0.3) is 5.91 Å². The quantitative estimate of drug-likeness (QED) is 0.795. The Bertz CT molecular complexity index is 636. The lowest BCUT2D eigenvalue weighted by molar-refractivity contribution is -0.134. The molecule has 0 saturated carbocycles. The topological polar surface area (TPSA) is 46.6 Å². The highest BCUT2D eigenvalue weighted by Crippen LogP contribution is 2.34. The molecule has 1 fully saturated rings. The molecule has 1 aliphatic rings. The Kier molecular flexibility index (Phi) is 4.53. The van der Waals surface area contributed by atoms with Crippen molar-refractivity contribution in [2.45, 2.75) is 18.9 Å². The fraction of sp³-hybridized carbons (Fsp3) is 0.294. The van der Waals surface area contributed by atoms with Crippen molar-refractivity contribution in [3.05, 3.63) is 52.2 Å². The predicted octanol–water partition coefficient (Wildman–Crippen LogP) is 3.30. The van der Waals surface area contributed by atoms with E-state index in [2.05, 4.69) is 6.07 Å². The van der Waals surface area contributed by atoms with Crippen LogP contribution in [0.1, 0.15) is 34.1 Å². The third-order valence-corrected chi connectivity index (χ3v) is 4.80. The van der Waals surface area contributed by atoms with Crippen LogP contribution in [0.3, 0.4) is 0 Å². The summed E-state index contributed by atoms with van der Waals surface area (Å²) in [6, 6.07) is 11.1. The summed E-state index contributed by atoms with van der Waals surface area (Å²) in [5.74, 6) is 0.612. The second-order valence-electron chi connectivity index (χ2n) is 5.24. The molecule has 1 amide bonds. The van der Waals surface area contributed by atoms with Gasteiger partial charge in [-0.2, -0.15) is 0 Å². The van der Waals surface area contributed by atoms with Crippen molar-refractivity contribution in [2.75, 3.05) is 13.2 Å². The first-order valence-corrected chi connectivity index (χ1v) is 8.17. The van der Waals surface area contributed by atoms with Gasteiger partial charge in [-0.15, -0.1) is 11.3 Å². The number of carbonyl (C=O) groups is 2. The van der Waals surface area contributed by atoms with E-state index < -0.39 is 0 Å². The van der Waals surface area contributed by atoms with Crippen LogP contribution in [-0.2, 0) is 4.79 Å². The first-order chi connectivity index (χ1) is 10.8. The maximum absolute atomic E-state index is 12.4. The summed E-state index contributed by atoms with van der Waals surface area (Å²) < 4.78 is 5.54. The molecule has 1 aromatic carbocycles. The third kappa shape index (κ3) is 3.20. The van der Waals surface area contributed by atoms with Crippen molar-refractivity contribution in [3.63, 3.8) is 0 Å². The van der Waals surface area contributed by atoms with Gasteiger partial charge in [0.1, 0.15) is 12.0 Å². The second kappa shape index (κ2) is 6.75. The average Bonchev–Trinajstić information content (AvgIpc) is 3.23. The maximum atomic E-state index is 12.4. The van der Waals surface area contributed by atoms with Crippen molar-refractivity contribution >= 4 is 23.5 Å². The van der Waals surface area contributed by atoms with Gasteiger partial charge in [-0.3, -0.25) is 9.59 Å². The number of rotatable bonds is 5. The van der Waals surface area contributed by atoms with Gasteiger partial charge in [0.05, 0.1) is 6.04 Å². The number of thiophene rings is 1. The fourth-order valence-corrected chi connectivity index (χ4v) is 3.59. The lowest BCUT2D eigenvalue weighted by Gasteiger charge is -2.23. The van der Waals surface area contributed by atoms with E-state index >= 15 is 0 Å². The number of carbonyl (C=O) groups excluding carboxylic acids is 2. The molecule has 1 aliphatic heterocycles. The number of hydrogen-bond donors (Lipinski definition) is 0. The van der Waals surface area contributed by atoms with Crippen LogP contribution < -0.4 is 4.74 Å². The Morgan fingerprint density at radius 1 is 1.32 bits per heavy atom. The van der Waals surface area contributed by atoms with Crippen LogP contribution in [-0.4, -0.2) is 30.2 Å². The summed E-state index contributed by atoms with van der Waals surface area (Å²) in [4.78, 5) is 26.1. The molecule has 0 aliphatic carbocycles. The molecule has 22 heavy (non-hydrogen) atoms. The zero-order chi connectivity index (χ0) is 15.4. The zero-order valence-electron chi connectivity index (χ0n) is 12.1. The van der Waals surface area contributed by atoms with Crippen LogP contribution in [0.5, 0.6) is 5.75 Å². The van der Waals surface area contributed by atoms with E-state index in [-0.39, 0.29) is 18.6 Å². The maximum Gasteiger partial charge on any atom is 0.261 e. The molecular formula is C17H17NO3S. The molecule has 1 atom stereocenters. The van der Waals surface area contributed by atoms with Crippen LogP contribution in [0, 0.1) is 0 Å². The normalized spacial score (nSPS) is 17.5. The molecule has 0 spiro atoms. The van der Waals surface area contributed by atoms with Crippen LogP contribution in [0.25, 0.3) is 0 Å². The number of likely N-dealkylation sites (tertiary alicyclic amines) is 1. The van der Waals surface area contributed by atoms with E-state index in [1.54, 1.807) is 35.6 Å². The van der Waals surface area contributed by atoms with Gasteiger partial charge in [0, 0.05) is 17.0 Å². The van der Waals surface area contributed by atoms with Crippen LogP contribution >= 0.6 is 11.3 Å². The smallest absolute Gasteiger partial charge is 0.261 e. The summed E-state index contributed by atoms with van der Waals surface area (Å²) >= 11 is 1.69. The van der Waals surface area contributed by atoms with Gasteiger partial charge in [-0.1, -0.05) is 6.07 Å². The van der Waals surface area contributed by atoms with E-state index in [1.807, 2.05) is 16.3 Å². The van der Waals surface area contributed by atoms with Gasteiger partial charge < -0.3 is 9.64 Å². The number of hydrogen-bond acceptors (Lipinski definition) is 4. The number of nitrogens with zero attached hydrogens (tertiary/aromatic N) is 1. The summed E-state index contributed by atoms with van der Waals surface area (Å²) in [5.41, 5.74) is 0.593. The Hall–Kier alpha value is -2.14. The van der Waals surface area contributed by atoms with E-state index in [1.165, 1.54) is 4.88 Å². The Labute approximate surface area is 133 Å². The minimum atomic E-state index is 0.00960. The first-order valence-electron chi connectivity index (χ1n) is 7.29. The Morgan fingerprint density at radius 2 is 2.14 bits per heavy atom. The standard InChI is InChI=1S/C17H17NO3S/c19-11-13-5-7-14(8-6-13)21-12-17(20)18-9-1-3-15(18)16-4-2-10-22-16/h2,4-8,10-11,15H,1,3,9,12H2. The largest absolute Gasteiger partial charge is 0.484 e. The predicted molar refractivity (Wildman–Crippen MR) is 85.3 cm³/mol. The molecule has 5 heteroatoms. The molecule has 1 unspecified atom stereocenters. The molecule has 0 bridgehead atoms. The number of amides is 1. The van der Waals surface area contributed by atoms with Gasteiger partial charge in [-0.25, -0.2) is 0 Å². The summed E-state index contributed by atoms with van der Waals surface area (Å²) in [5, 5.41) is 2.04. The van der Waals surface area contributed by atoms with Crippen molar-refractivity contribution < 1.29 is 14.3 Å². The van der Waals surface area contributed by atoms with Crippen molar-refractivity contribution in [1.29, 1.82) is 0 Å². The molecular weight excluding hydrogens is 298 g/mol. The number of ether oxygens (including phenoxy) is 1. The number of benzene rings is 1. The monoisotopic (exact) mass is 315 g/mol. The van der Waals surface area contributed by atoms with Crippen molar-refractivity contribution in [3.8, 4) is 5.75 Å². The zero-order valence-corrected chi connectivity index (χ0v) is 12.9. The molecule has 114 valence electrons. The van der Waals surface area contributed by atoms with Crippen LogP contribution in [0.2, 0.25) is 0 Å². The summed E-state index contributed by atoms with van der Waals surface area (Å²) in [7, 11) is 0. The van der Waals surface area contributed by atoms with E-state index in [4.69, 9.17) is 4.74 Å². The number of aldehydes is 1. The molecule has 3 rings (SSSR count). The van der Waals surface area contributed by atoms with Gasteiger partial charge in [0.15, 0.2) is 6.61 Å². The highest BCUT2D eigenvalue weighted by atomic mass is 32.1. The van der Waals surface area contributed by atoms with Gasteiger partial charge in [0.2, 0.25) is 0 Å². The minimum Gasteiger partial charge on any atom is -0.484 e. The second-order valence-corrected chi connectivity index (χ2v) is 6.22. The van der Waals surface area contributed by atoms with E-state index in [9.17, 15) is 9.59 Å². The lowest BCUT2D eigenvalue weighted by atomic mass is 10.2. The van der Waals surface area contributed by atoms with E-state index in [0.717, 1.165) is 25.7 Å². The molecule has 4 nitrogen and oxygen atoms in total. The average molecular weight is 315 g/mol. The van der Waals surface area contributed by atoms with E-state index in [0.29, 0.717) is 11.3 Å². The van der Waals surface area contributed by atoms with Crippen molar-refractivity contribution in [1.82, 2.24) is 4.90 Å². The molecule has 2 aromatic rings. The molecule has 1 aromatic heterocycles. The highest BCUT2D eigenvalue weighted by molar-refractivity contribution is 7.10. The molecule has 0 N–H and O–H groups in total. The third-order valence-electron chi connectivity index (χ3n) is 3.82. The SMILES string of the molecule is O=Cc1ccc(OCC(=O)N2CCCC2c2cccs2)cc1. The highest BCUT2D eigenvalue weighted by Gasteiger charge is 2.30. The Morgan fingerprint density at radius 3 is 2.82 bits per heavy atom. The first kappa shape index (κ1) is 14.8. The van der Waals surface area contributed by atoms with Gasteiger partial charge in [-0.05, 0) is 48.6 Å².